The zero-order chi connectivity index (χ0) is 18.4. The number of ether oxygens (including phenoxy) is 1. The predicted molar refractivity (Wildman–Crippen MR) is 113 cm³/mol. The molecule has 0 saturated carbocycles. The molecule has 0 spiro atoms. The van der Waals surface area contributed by atoms with E-state index < -0.39 is 0 Å². The summed E-state index contributed by atoms with van der Waals surface area (Å²) in [5.41, 5.74) is 3.68. The molecular weight excluding hydrogens is 363 g/mol. The Morgan fingerprint density at radius 2 is 1.78 bits per heavy atom. The third-order valence-electron chi connectivity index (χ3n) is 5.13. The molecule has 0 aromatic heterocycles. The number of halogens is 2. The number of piperazine rings is 1. The van der Waals surface area contributed by atoms with E-state index in [1.165, 1.54) is 17.2 Å². The van der Waals surface area contributed by atoms with Gasteiger partial charge in [0.1, 0.15) is 11.6 Å². The first-order valence-corrected chi connectivity index (χ1v) is 9.58. The monoisotopic (exact) mass is 392 g/mol. The standard InChI is InChI=1S/C22H29FN2O.ClH/c1-3-5-19-16-18(8-9-22(19)26-2)10-11-24-12-14-25(15-13-24)21-7-4-6-20(23)17-21;/h4,6-9,16-17H,3,5,10-15H2,1-2H3;1H. The van der Waals surface area contributed by atoms with E-state index in [0.29, 0.717) is 0 Å². The number of methoxy groups -OCH3 is 1. The Labute approximate surface area is 168 Å². The van der Waals surface area contributed by atoms with Gasteiger partial charge < -0.3 is 9.64 Å². The molecule has 148 valence electrons. The largest absolute Gasteiger partial charge is 0.496 e. The van der Waals surface area contributed by atoms with Gasteiger partial charge in [0.25, 0.3) is 0 Å². The molecule has 0 amide bonds. The molecule has 0 radical (unpaired) electrons. The minimum Gasteiger partial charge on any atom is -0.496 e. The van der Waals surface area contributed by atoms with E-state index in [9.17, 15) is 4.39 Å². The third kappa shape index (κ3) is 5.85. The molecule has 2 aromatic rings. The van der Waals surface area contributed by atoms with Crippen molar-refractivity contribution in [2.75, 3.05) is 44.7 Å². The van der Waals surface area contributed by atoms with Gasteiger partial charge in [-0.25, -0.2) is 4.39 Å². The fraction of sp³-hybridized carbons (Fsp3) is 0.455. The van der Waals surface area contributed by atoms with Crippen molar-refractivity contribution in [3.8, 4) is 5.75 Å². The predicted octanol–water partition coefficient (Wildman–Crippen LogP) is 4.57. The number of nitrogens with zero attached hydrogens (tertiary/aromatic N) is 2. The van der Waals surface area contributed by atoms with Crippen LogP contribution in [-0.2, 0) is 12.8 Å². The first kappa shape index (κ1) is 21.5. The van der Waals surface area contributed by atoms with E-state index in [1.54, 1.807) is 19.2 Å². The average molecular weight is 393 g/mol. The maximum Gasteiger partial charge on any atom is 0.125 e. The zero-order valence-electron chi connectivity index (χ0n) is 16.3. The van der Waals surface area contributed by atoms with Gasteiger partial charge in [0, 0.05) is 38.4 Å². The molecule has 1 saturated heterocycles. The van der Waals surface area contributed by atoms with E-state index in [-0.39, 0.29) is 18.2 Å². The summed E-state index contributed by atoms with van der Waals surface area (Å²) in [5, 5.41) is 0. The van der Waals surface area contributed by atoms with Gasteiger partial charge in [-0.3, -0.25) is 4.90 Å². The summed E-state index contributed by atoms with van der Waals surface area (Å²) in [6.07, 6.45) is 3.24. The van der Waals surface area contributed by atoms with Crippen molar-refractivity contribution in [3.05, 3.63) is 59.4 Å². The first-order valence-electron chi connectivity index (χ1n) is 9.58. The third-order valence-corrected chi connectivity index (χ3v) is 5.13. The van der Waals surface area contributed by atoms with Gasteiger partial charge in [-0.15, -0.1) is 12.4 Å². The lowest BCUT2D eigenvalue weighted by Crippen LogP contribution is -2.47. The highest BCUT2D eigenvalue weighted by Crippen LogP contribution is 2.22. The number of benzene rings is 2. The average Bonchev–Trinajstić information content (AvgIpc) is 2.67. The Hall–Kier alpha value is -1.78. The molecule has 0 atom stereocenters. The lowest BCUT2D eigenvalue weighted by atomic mass is 10.0. The van der Waals surface area contributed by atoms with Crippen LogP contribution in [0.3, 0.4) is 0 Å². The van der Waals surface area contributed by atoms with Gasteiger partial charge in [0.05, 0.1) is 7.11 Å². The number of hydrogen-bond acceptors (Lipinski definition) is 3. The Balaban J connectivity index is 0.00000261. The van der Waals surface area contributed by atoms with Crippen LogP contribution in [0.2, 0.25) is 0 Å². The van der Waals surface area contributed by atoms with Crippen LogP contribution in [0.5, 0.6) is 5.75 Å². The van der Waals surface area contributed by atoms with Crippen molar-refractivity contribution in [1.29, 1.82) is 0 Å². The summed E-state index contributed by atoms with van der Waals surface area (Å²) in [6, 6.07) is 13.5. The van der Waals surface area contributed by atoms with Crippen molar-refractivity contribution in [3.63, 3.8) is 0 Å². The molecule has 1 aliphatic rings. The SMILES string of the molecule is CCCc1cc(CCN2CCN(c3cccc(F)c3)CC2)ccc1OC.Cl. The molecular formula is C22H30ClFN2O. The highest BCUT2D eigenvalue weighted by atomic mass is 35.5. The van der Waals surface area contributed by atoms with Gasteiger partial charge in [-0.2, -0.15) is 0 Å². The van der Waals surface area contributed by atoms with Gasteiger partial charge >= 0.3 is 0 Å². The molecule has 1 aliphatic heterocycles. The topological polar surface area (TPSA) is 15.7 Å². The van der Waals surface area contributed by atoms with Gasteiger partial charge in [0.2, 0.25) is 0 Å². The van der Waals surface area contributed by atoms with E-state index in [0.717, 1.165) is 63.4 Å². The molecule has 0 unspecified atom stereocenters. The fourth-order valence-electron chi connectivity index (χ4n) is 3.64. The Bertz CT molecular complexity index is 717. The quantitative estimate of drug-likeness (QED) is 0.686. The summed E-state index contributed by atoms with van der Waals surface area (Å²) in [7, 11) is 1.74. The highest BCUT2D eigenvalue weighted by molar-refractivity contribution is 5.85. The first-order chi connectivity index (χ1) is 12.7. The second-order valence-electron chi connectivity index (χ2n) is 6.95. The molecule has 5 heteroatoms. The van der Waals surface area contributed by atoms with Crippen molar-refractivity contribution in [2.45, 2.75) is 26.2 Å². The number of aryl methyl sites for hydroxylation is 1. The van der Waals surface area contributed by atoms with Crippen LogP contribution in [-0.4, -0.2) is 44.7 Å². The minimum atomic E-state index is -0.160. The molecule has 1 fully saturated rings. The Kier molecular flexibility index (Phi) is 8.39. The Morgan fingerprint density at radius 1 is 1.00 bits per heavy atom. The van der Waals surface area contributed by atoms with Gasteiger partial charge in [0.15, 0.2) is 0 Å². The summed E-state index contributed by atoms with van der Waals surface area (Å²) in [6.45, 7) is 7.21. The summed E-state index contributed by atoms with van der Waals surface area (Å²) in [4.78, 5) is 4.77. The van der Waals surface area contributed by atoms with E-state index in [2.05, 4.69) is 34.9 Å². The minimum absolute atomic E-state index is 0. The molecule has 3 rings (SSSR count). The molecule has 1 heterocycles. The second-order valence-corrected chi connectivity index (χ2v) is 6.95. The van der Waals surface area contributed by atoms with Crippen LogP contribution in [0, 0.1) is 5.82 Å². The van der Waals surface area contributed by atoms with Gasteiger partial charge in [-0.1, -0.05) is 31.5 Å². The van der Waals surface area contributed by atoms with E-state index >= 15 is 0 Å². The van der Waals surface area contributed by atoms with E-state index in [4.69, 9.17) is 4.74 Å². The normalized spacial score (nSPS) is 14.7. The van der Waals surface area contributed by atoms with Crippen LogP contribution in [0.1, 0.15) is 24.5 Å². The van der Waals surface area contributed by atoms with Crippen molar-refractivity contribution >= 4 is 18.1 Å². The van der Waals surface area contributed by atoms with Gasteiger partial charge in [-0.05, 0) is 48.2 Å². The molecule has 27 heavy (non-hydrogen) atoms. The van der Waals surface area contributed by atoms with Crippen molar-refractivity contribution < 1.29 is 9.13 Å². The lowest BCUT2D eigenvalue weighted by Gasteiger charge is -2.36. The maximum atomic E-state index is 13.4. The number of hydrogen-bond donors (Lipinski definition) is 0. The molecule has 0 aliphatic carbocycles. The Morgan fingerprint density at radius 3 is 2.44 bits per heavy atom. The van der Waals surface area contributed by atoms with Crippen LogP contribution in [0.4, 0.5) is 10.1 Å². The van der Waals surface area contributed by atoms with E-state index in [1.807, 2.05) is 6.07 Å². The second kappa shape index (κ2) is 10.5. The summed E-state index contributed by atoms with van der Waals surface area (Å²) >= 11 is 0. The van der Waals surface area contributed by atoms with Crippen LogP contribution < -0.4 is 9.64 Å². The summed E-state index contributed by atoms with van der Waals surface area (Å²) in [5.74, 6) is 0.839. The van der Waals surface area contributed by atoms with Crippen molar-refractivity contribution in [1.82, 2.24) is 4.90 Å². The molecule has 0 N–H and O–H groups in total. The lowest BCUT2D eigenvalue weighted by molar-refractivity contribution is 0.261. The molecule has 0 bridgehead atoms. The fourth-order valence-corrected chi connectivity index (χ4v) is 3.64. The zero-order valence-corrected chi connectivity index (χ0v) is 17.1. The molecule has 2 aromatic carbocycles. The number of rotatable bonds is 7. The van der Waals surface area contributed by atoms with Crippen molar-refractivity contribution in [2.24, 2.45) is 0 Å². The number of anilines is 1. The summed E-state index contributed by atoms with van der Waals surface area (Å²) < 4.78 is 18.9. The smallest absolute Gasteiger partial charge is 0.125 e. The van der Waals surface area contributed by atoms with Crippen LogP contribution in [0.25, 0.3) is 0 Å². The maximum absolute atomic E-state index is 13.4. The van der Waals surface area contributed by atoms with Crippen LogP contribution >= 0.6 is 12.4 Å². The molecule has 3 nitrogen and oxygen atoms in total. The highest BCUT2D eigenvalue weighted by Gasteiger charge is 2.17. The van der Waals surface area contributed by atoms with Crippen LogP contribution in [0.15, 0.2) is 42.5 Å².